The predicted molar refractivity (Wildman–Crippen MR) is 251 cm³/mol. The van der Waals surface area contributed by atoms with E-state index in [9.17, 15) is 34.5 Å². The van der Waals surface area contributed by atoms with E-state index in [0.29, 0.717) is 78.8 Å². The number of hydrogen-bond donors (Lipinski definition) is 7. The summed E-state index contributed by atoms with van der Waals surface area (Å²) in [5, 5.41) is 43.9. The Morgan fingerprint density at radius 1 is 0.857 bits per heavy atom. The van der Waals surface area contributed by atoms with Crippen LogP contribution in [-0.4, -0.2) is 183 Å². The molecule has 23 nitrogen and oxygen atoms in total. The maximum absolute atomic E-state index is 13.3. The van der Waals surface area contributed by atoms with Crippen molar-refractivity contribution in [3.63, 3.8) is 0 Å². The lowest BCUT2D eigenvalue weighted by Gasteiger charge is -2.39. The molecule has 2 aromatic carbocycles. The van der Waals surface area contributed by atoms with Crippen LogP contribution in [0, 0.1) is 0 Å². The summed E-state index contributed by atoms with van der Waals surface area (Å²) in [6.45, 7) is 6.71. The summed E-state index contributed by atoms with van der Waals surface area (Å²) in [5.41, 5.74) is 16.7. The minimum Gasteiger partial charge on any atom is -0.477 e. The number of carboxylic acid groups (broad SMARTS) is 1. The third-order valence-corrected chi connectivity index (χ3v) is 11.1. The number of benzene rings is 2. The van der Waals surface area contributed by atoms with Gasteiger partial charge in [0, 0.05) is 36.9 Å². The van der Waals surface area contributed by atoms with Crippen molar-refractivity contribution in [2.45, 2.75) is 76.0 Å². The molecule has 0 bridgehead atoms. The Morgan fingerprint density at radius 2 is 1.44 bits per heavy atom. The maximum atomic E-state index is 13.3. The number of amides is 2. The number of alkyl carbamates (subject to hydrolysis) is 1. The van der Waals surface area contributed by atoms with Crippen molar-refractivity contribution in [3.05, 3.63) is 71.5 Å². The smallest absolute Gasteiger partial charge is 0.407 e. The number of aliphatic hydroxyl groups is 2. The van der Waals surface area contributed by atoms with E-state index in [1.807, 2.05) is 48.0 Å². The second kappa shape index (κ2) is 29.2. The Labute approximate surface area is 405 Å². The van der Waals surface area contributed by atoms with Crippen LogP contribution in [0.1, 0.15) is 43.7 Å². The van der Waals surface area contributed by atoms with Crippen LogP contribution in [0.2, 0.25) is 0 Å². The van der Waals surface area contributed by atoms with E-state index in [1.54, 1.807) is 0 Å². The molecular formula is C47H66N8O15. The fraction of sp³-hybridized carbons (Fsp3) is 0.553. The van der Waals surface area contributed by atoms with Crippen molar-refractivity contribution < 1.29 is 72.4 Å². The number of aromatic nitrogens is 3. The monoisotopic (exact) mass is 982 g/mol. The largest absolute Gasteiger partial charge is 0.477 e. The van der Waals surface area contributed by atoms with Crippen LogP contribution in [-0.2, 0) is 65.2 Å². The number of nitrogens with one attached hydrogen (secondary N) is 2. The number of aliphatic carboxylic acids is 1. The molecule has 70 heavy (non-hydrogen) atoms. The number of aliphatic hydroxyl groups excluding tert-OH is 2. The molecule has 9 N–H and O–H groups in total. The molecule has 2 heterocycles. The average Bonchev–Trinajstić information content (AvgIpc) is 3.75. The first-order valence-corrected chi connectivity index (χ1v) is 23.2. The van der Waals surface area contributed by atoms with E-state index < -0.39 is 66.7 Å². The highest BCUT2D eigenvalue weighted by atomic mass is 16.6. The first-order valence-electron chi connectivity index (χ1n) is 23.2. The van der Waals surface area contributed by atoms with Crippen molar-refractivity contribution in [1.29, 1.82) is 0 Å². The molecule has 3 aromatic rings. The Kier molecular flexibility index (Phi) is 22.9. The number of carbonyl (C=O) groups is 4. The number of guanidine groups is 1. The van der Waals surface area contributed by atoms with E-state index in [4.69, 9.17) is 49.4 Å². The number of ketones is 1. The van der Waals surface area contributed by atoms with E-state index in [1.165, 1.54) is 6.92 Å². The predicted octanol–water partition coefficient (Wildman–Crippen LogP) is 0.683. The zero-order valence-corrected chi connectivity index (χ0v) is 39.6. The van der Waals surface area contributed by atoms with Gasteiger partial charge in [-0.05, 0) is 30.0 Å². The van der Waals surface area contributed by atoms with Gasteiger partial charge < -0.3 is 75.3 Å². The maximum Gasteiger partial charge on any atom is 0.407 e. The Hall–Kier alpha value is -6.05. The zero-order valence-electron chi connectivity index (χ0n) is 39.6. The van der Waals surface area contributed by atoms with Gasteiger partial charge in [-0.15, -0.1) is 5.10 Å². The van der Waals surface area contributed by atoms with Gasteiger partial charge in [-0.25, -0.2) is 19.3 Å². The van der Waals surface area contributed by atoms with Gasteiger partial charge >= 0.3 is 12.1 Å². The number of fused-ring (bicyclic) bond motifs is 5. The molecule has 1 aliphatic heterocycles. The second-order valence-corrected chi connectivity index (χ2v) is 16.1. The van der Waals surface area contributed by atoms with Crippen molar-refractivity contribution in [2.75, 3.05) is 92.4 Å². The van der Waals surface area contributed by atoms with Gasteiger partial charge in [-0.1, -0.05) is 60.7 Å². The molecular weight excluding hydrogens is 917 g/mol. The van der Waals surface area contributed by atoms with Gasteiger partial charge in [-0.2, -0.15) is 0 Å². The molecule has 0 saturated carbocycles. The number of nitrogens with zero attached hydrogens (tertiary/aromatic N) is 4. The van der Waals surface area contributed by atoms with Crippen LogP contribution < -0.4 is 22.1 Å². The standard InChI is InChI=1S/C47H66N8O15/c1-3-8-37(58)35-27-31-9-4-5-10-32(31)42-40(34-12-7-6-11-33(34)35)53-54-55(42)14-16-64-18-20-66-22-24-68-26-25-67-23-21-65-19-17-63-15-13-50-47(62)70-43(38(59)29-56)44-41(51-30(2)57)36(52-46(48)49)28-39(69-44)45(60)61/h4-7,9-12,28,35-36,38,41,43-44,56,59H,3,8,13-27,29H2,1-2H3,(H,50,62)(H,51,57)(H,60,61)(H4,48,49,52)/t35?,36-,38+,41+,43+,44+/m0/s1. The van der Waals surface area contributed by atoms with Crippen molar-refractivity contribution in [1.82, 2.24) is 25.6 Å². The van der Waals surface area contributed by atoms with Crippen LogP contribution in [0.5, 0.6) is 0 Å². The minimum atomic E-state index is -1.75. The fourth-order valence-electron chi connectivity index (χ4n) is 7.91. The van der Waals surface area contributed by atoms with Gasteiger partial charge in [0.15, 0.2) is 18.2 Å². The Balaban J connectivity index is 0.881. The summed E-state index contributed by atoms with van der Waals surface area (Å²) in [7, 11) is 0. The minimum absolute atomic E-state index is 0.0224. The molecule has 2 amide bonds. The van der Waals surface area contributed by atoms with Gasteiger partial charge in [0.05, 0.1) is 110 Å². The SMILES string of the molecule is CCCC(=O)C1Cc2ccccc2-c2c(nnn2CCOCCOCCOCCOCCOCCOCCNC(=O)O[C@@H]([C@@H]2OC(C(=O)O)=C[C@H](N=C(N)N)[C@H]2NC(C)=O)[C@H](O)CO)-c2ccccc21. The summed E-state index contributed by atoms with van der Waals surface area (Å²) in [6, 6.07) is 13.8. The summed E-state index contributed by atoms with van der Waals surface area (Å²) >= 11 is 0. The summed E-state index contributed by atoms with van der Waals surface area (Å²) in [5.74, 6) is -3.17. The van der Waals surface area contributed by atoms with Gasteiger partial charge in [0.2, 0.25) is 11.7 Å². The van der Waals surface area contributed by atoms with Gasteiger partial charge in [-0.3, -0.25) is 9.59 Å². The molecule has 384 valence electrons. The van der Waals surface area contributed by atoms with Gasteiger partial charge in [0.1, 0.15) is 17.6 Å². The molecule has 0 spiro atoms. The molecule has 1 unspecified atom stereocenters. The molecule has 1 aliphatic carbocycles. The van der Waals surface area contributed by atoms with E-state index in [2.05, 4.69) is 38.1 Å². The molecule has 0 radical (unpaired) electrons. The fourth-order valence-corrected chi connectivity index (χ4v) is 7.91. The third-order valence-electron chi connectivity index (χ3n) is 11.1. The van der Waals surface area contributed by atoms with Crippen molar-refractivity contribution in [2.24, 2.45) is 16.5 Å². The lowest BCUT2D eigenvalue weighted by molar-refractivity contribution is -0.146. The number of carbonyl (C=O) groups excluding carboxylic acids is 3. The Bertz CT molecular complexity index is 2200. The molecule has 2 aliphatic rings. The first kappa shape index (κ1) is 54.9. The van der Waals surface area contributed by atoms with Crippen molar-refractivity contribution >= 4 is 29.7 Å². The van der Waals surface area contributed by atoms with E-state index >= 15 is 0 Å². The first-order chi connectivity index (χ1) is 33.9. The number of carboxylic acids is 1. The number of aliphatic imine (C=N–C) groups is 1. The van der Waals surface area contributed by atoms with Crippen LogP contribution in [0.3, 0.4) is 0 Å². The number of nitrogens with two attached hydrogens (primary N) is 2. The lowest BCUT2D eigenvalue weighted by atomic mass is 9.79. The summed E-state index contributed by atoms with van der Waals surface area (Å²) in [6.07, 6.45) is -3.02. The third kappa shape index (κ3) is 16.5. The van der Waals surface area contributed by atoms with Crippen LogP contribution in [0.25, 0.3) is 22.5 Å². The lowest BCUT2D eigenvalue weighted by Crippen LogP contribution is -2.61. The summed E-state index contributed by atoms with van der Waals surface area (Å²) < 4.78 is 46.3. The molecule has 0 saturated heterocycles. The highest BCUT2D eigenvalue weighted by Gasteiger charge is 2.46. The zero-order chi connectivity index (χ0) is 50.3. The number of hydrogen-bond acceptors (Lipinski definition) is 17. The topological polar surface area (TPSA) is 322 Å². The van der Waals surface area contributed by atoms with Crippen LogP contribution in [0.4, 0.5) is 4.79 Å². The number of ether oxygens (including phenoxy) is 8. The molecule has 0 fully saturated rings. The second-order valence-electron chi connectivity index (χ2n) is 16.1. The highest BCUT2D eigenvalue weighted by molar-refractivity contribution is 5.92. The molecule has 5 rings (SSSR count). The van der Waals surface area contributed by atoms with Gasteiger partial charge in [0.25, 0.3) is 0 Å². The Morgan fingerprint density at radius 3 is 2.03 bits per heavy atom. The van der Waals surface area contributed by atoms with Crippen molar-refractivity contribution in [3.8, 4) is 22.5 Å². The number of Topliss-reactive ketones (excluding diaryl/α,β-unsaturated/α-hetero) is 1. The van der Waals surface area contributed by atoms with Crippen LogP contribution in [0.15, 0.2) is 65.4 Å². The number of rotatable bonds is 31. The molecule has 6 atom stereocenters. The van der Waals surface area contributed by atoms with Crippen LogP contribution >= 0.6 is 0 Å². The quantitative estimate of drug-likeness (QED) is 0.0265. The highest BCUT2D eigenvalue weighted by Crippen LogP contribution is 2.42. The molecule has 1 aromatic heterocycles. The van der Waals surface area contributed by atoms with E-state index in [0.717, 1.165) is 46.1 Å². The normalized spacial score (nSPS) is 18.0. The van der Waals surface area contributed by atoms with E-state index in [-0.39, 0.29) is 38.1 Å². The average molecular weight is 983 g/mol. The molecule has 23 heteroatoms. The summed E-state index contributed by atoms with van der Waals surface area (Å²) in [4.78, 5) is 53.7.